The first-order valence-corrected chi connectivity index (χ1v) is 11.2. The third-order valence-corrected chi connectivity index (χ3v) is 6.86. The van der Waals surface area contributed by atoms with Gasteiger partial charge >= 0.3 is 0 Å². The maximum Gasteiger partial charge on any atom is 0.195 e. The molecule has 1 spiro atoms. The number of benzene rings is 1. The van der Waals surface area contributed by atoms with E-state index in [0.717, 1.165) is 17.7 Å². The molecule has 5 aliphatic heterocycles. The van der Waals surface area contributed by atoms with E-state index in [2.05, 4.69) is 24.4 Å². The van der Waals surface area contributed by atoms with Gasteiger partial charge in [0.05, 0.1) is 6.10 Å². The Bertz CT molecular complexity index is 875. The van der Waals surface area contributed by atoms with E-state index in [1.165, 1.54) is 0 Å². The quantitative estimate of drug-likeness (QED) is 0.763. The van der Waals surface area contributed by atoms with Crippen LogP contribution in [0.5, 0.6) is 0 Å². The van der Waals surface area contributed by atoms with E-state index in [1.54, 1.807) is 0 Å². The van der Waals surface area contributed by atoms with Crippen molar-refractivity contribution in [2.75, 3.05) is 5.32 Å². The third kappa shape index (κ3) is 3.23. The molecule has 1 aromatic rings. The molecular weight excluding hydrogens is 402 g/mol. The van der Waals surface area contributed by atoms with Crippen LogP contribution in [-0.2, 0) is 33.2 Å². The van der Waals surface area contributed by atoms with Gasteiger partial charge in [0, 0.05) is 12.1 Å². The van der Waals surface area contributed by atoms with Gasteiger partial charge in [-0.25, -0.2) is 0 Å². The Balaban J connectivity index is 1.32. The summed E-state index contributed by atoms with van der Waals surface area (Å²) in [6, 6.07) is 7.94. The van der Waals surface area contributed by atoms with Crippen molar-refractivity contribution in [3.05, 3.63) is 29.8 Å². The number of nitrogens with one attached hydrogen (secondary N) is 1. The zero-order valence-corrected chi connectivity index (χ0v) is 18.6. The molecule has 5 saturated heterocycles. The van der Waals surface area contributed by atoms with Crippen molar-refractivity contribution in [3.63, 3.8) is 0 Å². The number of hydrogen-bond acceptors (Lipinski definition) is 8. The largest absolute Gasteiger partial charge is 0.374 e. The Morgan fingerprint density at radius 2 is 1.52 bits per heavy atom. The van der Waals surface area contributed by atoms with Crippen LogP contribution in [0, 0.1) is 6.92 Å². The normalized spacial score (nSPS) is 46.7. The van der Waals surface area contributed by atoms with Crippen LogP contribution in [0.1, 0.15) is 46.1 Å². The Kier molecular flexibility index (Phi) is 4.36. The van der Waals surface area contributed by atoms with Gasteiger partial charge in [0.15, 0.2) is 29.9 Å². The fourth-order valence-corrected chi connectivity index (χ4v) is 5.56. The number of anilines is 1. The summed E-state index contributed by atoms with van der Waals surface area (Å²) in [4.78, 5) is 0. The highest BCUT2D eigenvalue weighted by atomic mass is 16.9. The Morgan fingerprint density at radius 1 is 0.806 bits per heavy atom. The van der Waals surface area contributed by atoms with Crippen molar-refractivity contribution in [2.45, 2.75) is 108 Å². The van der Waals surface area contributed by atoms with Gasteiger partial charge in [-0.3, -0.25) is 0 Å². The molecule has 0 radical (unpaired) electrons. The number of para-hydroxylation sites is 1. The first kappa shape index (κ1) is 20.4. The van der Waals surface area contributed by atoms with E-state index in [9.17, 15) is 0 Å². The Labute approximate surface area is 182 Å². The molecule has 8 heteroatoms. The summed E-state index contributed by atoms with van der Waals surface area (Å²) in [6.07, 6.45) is -0.467. The molecule has 0 aromatic heterocycles. The second-order valence-electron chi connectivity index (χ2n) is 10.1. The summed E-state index contributed by atoms with van der Waals surface area (Å²) in [7, 11) is 0. The topological polar surface area (TPSA) is 76.6 Å². The maximum atomic E-state index is 6.72. The molecule has 0 amide bonds. The minimum Gasteiger partial charge on any atom is -0.374 e. The highest BCUT2D eigenvalue weighted by Gasteiger charge is 2.68. The molecule has 8 nitrogen and oxygen atoms in total. The number of fused-ring (bicyclic) bond motifs is 4. The van der Waals surface area contributed by atoms with Crippen molar-refractivity contribution in [1.82, 2.24) is 0 Å². The molecule has 0 unspecified atom stereocenters. The van der Waals surface area contributed by atoms with E-state index < -0.39 is 29.9 Å². The molecule has 0 bridgehead atoms. The Morgan fingerprint density at radius 3 is 2.29 bits per heavy atom. The van der Waals surface area contributed by atoms with Crippen LogP contribution in [-0.4, -0.2) is 60.4 Å². The average molecular weight is 434 g/mol. The summed E-state index contributed by atoms with van der Waals surface area (Å²) in [6.45, 7) is 9.68. The standard InChI is InChI=1S/C23H31NO7/c1-12-8-6-7-9-13(12)24-18-17-20(30-22(4,5)27-17)31-23(18)11-10-14-15(28-23)16-19(25-14)29-21(2,3)26-16/h6-9,14-20,24H,10-11H2,1-5H3/t14-,15+,16+,17+,18-,19+,20-,23-/m0/s1. The first-order chi connectivity index (χ1) is 14.6. The summed E-state index contributed by atoms with van der Waals surface area (Å²) >= 11 is 0. The molecule has 0 saturated carbocycles. The van der Waals surface area contributed by atoms with Gasteiger partial charge in [0.1, 0.15) is 24.4 Å². The zero-order chi connectivity index (χ0) is 21.6. The lowest BCUT2D eigenvalue weighted by atomic mass is 9.91. The number of rotatable bonds is 2. The minimum atomic E-state index is -0.913. The van der Waals surface area contributed by atoms with Crippen LogP contribution >= 0.6 is 0 Å². The van der Waals surface area contributed by atoms with Crippen molar-refractivity contribution in [3.8, 4) is 0 Å². The molecule has 0 aliphatic carbocycles. The summed E-state index contributed by atoms with van der Waals surface area (Å²) < 4.78 is 43.8. The van der Waals surface area contributed by atoms with Gasteiger partial charge in [0.2, 0.25) is 0 Å². The lowest BCUT2D eigenvalue weighted by molar-refractivity contribution is -0.339. The highest BCUT2D eigenvalue weighted by molar-refractivity contribution is 5.52. The predicted octanol–water partition coefficient (Wildman–Crippen LogP) is 3.04. The molecule has 5 fully saturated rings. The maximum absolute atomic E-state index is 6.72. The van der Waals surface area contributed by atoms with Gasteiger partial charge in [0.25, 0.3) is 0 Å². The molecule has 170 valence electrons. The summed E-state index contributed by atoms with van der Waals surface area (Å²) in [5.41, 5.74) is 2.17. The third-order valence-electron chi connectivity index (χ3n) is 6.86. The van der Waals surface area contributed by atoms with Crippen LogP contribution < -0.4 is 5.32 Å². The van der Waals surface area contributed by atoms with Crippen LogP contribution in [0.2, 0.25) is 0 Å². The lowest BCUT2D eigenvalue weighted by Crippen LogP contribution is -2.58. The first-order valence-electron chi connectivity index (χ1n) is 11.2. The van der Waals surface area contributed by atoms with Gasteiger partial charge in [-0.1, -0.05) is 18.2 Å². The van der Waals surface area contributed by atoms with Crippen molar-refractivity contribution in [1.29, 1.82) is 0 Å². The molecular formula is C23H31NO7. The van der Waals surface area contributed by atoms with E-state index in [0.29, 0.717) is 6.42 Å². The van der Waals surface area contributed by atoms with E-state index in [-0.39, 0.29) is 30.5 Å². The molecule has 8 atom stereocenters. The number of hydrogen-bond donors (Lipinski definition) is 1. The zero-order valence-electron chi connectivity index (χ0n) is 18.6. The van der Waals surface area contributed by atoms with Gasteiger partial charge in [-0.15, -0.1) is 0 Å². The highest BCUT2D eigenvalue weighted by Crippen LogP contribution is 2.52. The van der Waals surface area contributed by atoms with E-state index in [4.69, 9.17) is 33.2 Å². The second-order valence-corrected chi connectivity index (χ2v) is 10.1. The smallest absolute Gasteiger partial charge is 0.195 e. The van der Waals surface area contributed by atoms with E-state index >= 15 is 0 Å². The fraction of sp³-hybridized carbons (Fsp3) is 0.739. The van der Waals surface area contributed by atoms with Crippen LogP contribution in [0.15, 0.2) is 24.3 Å². The Hall–Kier alpha value is -1.26. The summed E-state index contributed by atoms with van der Waals surface area (Å²) in [5.74, 6) is -2.33. The van der Waals surface area contributed by atoms with Crippen LogP contribution in [0.3, 0.4) is 0 Å². The molecule has 6 rings (SSSR count). The van der Waals surface area contributed by atoms with Crippen molar-refractivity contribution < 1.29 is 33.2 Å². The number of aryl methyl sites for hydroxylation is 1. The molecule has 5 aliphatic rings. The number of ether oxygens (including phenoxy) is 7. The molecule has 1 aromatic carbocycles. The second kappa shape index (κ2) is 6.63. The van der Waals surface area contributed by atoms with Gasteiger partial charge in [-0.2, -0.15) is 0 Å². The van der Waals surface area contributed by atoms with Gasteiger partial charge < -0.3 is 38.5 Å². The minimum absolute atomic E-state index is 0.0850. The van der Waals surface area contributed by atoms with Crippen LogP contribution in [0.4, 0.5) is 5.69 Å². The van der Waals surface area contributed by atoms with Crippen molar-refractivity contribution >= 4 is 5.69 Å². The van der Waals surface area contributed by atoms with Crippen molar-refractivity contribution in [2.24, 2.45) is 0 Å². The average Bonchev–Trinajstić information content (AvgIpc) is 3.33. The molecule has 5 heterocycles. The van der Waals surface area contributed by atoms with Gasteiger partial charge in [-0.05, 0) is 52.7 Å². The van der Waals surface area contributed by atoms with Crippen LogP contribution in [0.25, 0.3) is 0 Å². The monoisotopic (exact) mass is 433 g/mol. The predicted molar refractivity (Wildman–Crippen MR) is 109 cm³/mol. The SMILES string of the molecule is Cc1ccccc1N[C@H]1[C@H]2OC(C)(C)O[C@H]2O[C@@]12CC[C@@H]1O[C@@H]3OC(C)(C)O[C@@H]3[C@@H]1O2. The van der Waals surface area contributed by atoms with E-state index in [1.807, 2.05) is 39.8 Å². The molecule has 31 heavy (non-hydrogen) atoms. The fourth-order valence-electron chi connectivity index (χ4n) is 5.56. The lowest BCUT2D eigenvalue weighted by Gasteiger charge is -2.44. The summed E-state index contributed by atoms with van der Waals surface area (Å²) in [5, 5.41) is 3.67. The molecule has 1 N–H and O–H groups in total.